The summed E-state index contributed by atoms with van der Waals surface area (Å²) >= 11 is 0. The molecule has 1 rings (SSSR count). The van der Waals surface area contributed by atoms with E-state index in [0.717, 1.165) is 12.3 Å². The molecule has 8 nitrogen and oxygen atoms in total. The quantitative estimate of drug-likeness (QED) is 0.393. The minimum atomic E-state index is -3.85. The van der Waals surface area contributed by atoms with Crippen molar-refractivity contribution in [3.63, 3.8) is 0 Å². The van der Waals surface area contributed by atoms with Gasteiger partial charge in [-0.15, -0.1) is 0 Å². The molecule has 0 saturated carbocycles. The molecule has 0 unspecified atom stereocenters. The SMILES string of the molecule is CS(=O)(=O)NN.O=C(O)c1cccc(S(=O)(=O)Cl)c1. The van der Waals surface area contributed by atoms with Gasteiger partial charge in [-0.1, -0.05) is 6.07 Å². The first-order chi connectivity index (χ1) is 8.47. The molecule has 1 aromatic rings. The number of carboxylic acids is 1. The van der Waals surface area contributed by atoms with Gasteiger partial charge in [-0.2, -0.15) is 4.83 Å². The van der Waals surface area contributed by atoms with Crippen LogP contribution in [0.3, 0.4) is 0 Å². The first-order valence-corrected chi connectivity index (χ1v) is 8.63. The Morgan fingerprint density at radius 1 is 1.32 bits per heavy atom. The normalized spacial score (nSPS) is 11.3. The van der Waals surface area contributed by atoms with E-state index in [-0.39, 0.29) is 10.5 Å². The van der Waals surface area contributed by atoms with Gasteiger partial charge in [-0.25, -0.2) is 21.6 Å². The van der Waals surface area contributed by atoms with Crippen molar-refractivity contribution in [2.24, 2.45) is 5.84 Å². The van der Waals surface area contributed by atoms with Gasteiger partial charge in [0.1, 0.15) is 0 Å². The van der Waals surface area contributed by atoms with Crippen LogP contribution in [0.2, 0.25) is 0 Å². The Morgan fingerprint density at radius 3 is 2.11 bits per heavy atom. The Kier molecular flexibility index (Phi) is 6.39. The molecule has 0 spiro atoms. The predicted molar refractivity (Wildman–Crippen MR) is 68.6 cm³/mol. The van der Waals surface area contributed by atoms with Gasteiger partial charge in [-0.05, 0) is 18.2 Å². The van der Waals surface area contributed by atoms with E-state index in [2.05, 4.69) is 5.84 Å². The Morgan fingerprint density at radius 2 is 1.79 bits per heavy atom. The monoisotopic (exact) mass is 330 g/mol. The van der Waals surface area contributed by atoms with E-state index in [1.165, 1.54) is 18.2 Å². The second-order valence-corrected chi connectivity index (χ2v) is 7.51. The Hall–Kier alpha value is -1.20. The number of aromatic carboxylic acids is 1. The molecule has 108 valence electrons. The molecular weight excluding hydrogens is 320 g/mol. The lowest BCUT2D eigenvalue weighted by atomic mass is 10.2. The minimum absolute atomic E-state index is 0.110. The topological polar surface area (TPSA) is 144 Å². The number of carboxylic acid groups (broad SMARTS) is 1. The lowest BCUT2D eigenvalue weighted by Crippen LogP contribution is -2.28. The van der Waals surface area contributed by atoms with Crippen LogP contribution in [0.4, 0.5) is 0 Å². The molecule has 0 fully saturated rings. The van der Waals surface area contributed by atoms with E-state index in [4.69, 9.17) is 15.8 Å². The summed E-state index contributed by atoms with van der Waals surface area (Å²) in [5.41, 5.74) is -0.110. The van der Waals surface area contributed by atoms with Gasteiger partial charge in [0.25, 0.3) is 9.05 Å². The van der Waals surface area contributed by atoms with Crippen LogP contribution < -0.4 is 10.7 Å². The van der Waals surface area contributed by atoms with Gasteiger partial charge < -0.3 is 5.11 Å². The number of halogens is 1. The van der Waals surface area contributed by atoms with Crippen LogP contribution in [0.5, 0.6) is 0 Å². The van der Waals surface area contributed by atoms with E-state index >= 15 is 0 Å². The van der Waals surface area contributed by atoms with Crippen molar-refractivity contribution in [3.05, 3.63) is 29.8 Å². The summed E-state index contributed by atoms with van der Waals surface area (Å²) in [6.07, 6.45) is 0.979. The highest BCUT2D eigenvalue weighted by atomic mass is 35.7. The molecule has 4 N–H and O–H groups in total. The molecule has 1 aromatic carbocycles. The maximum Gasteiger partial charge on any atom is 0.335 e. The summed E-state index contributed by atoms with van der Waals surface area (Å²) in [5, 5.41) is 8.54. The number of benzene rings is 1. The summed E-state index contributed by atoms with van der Waals surface area (Å²) in [4.78, 5) is 11.8. The molecule has 0 aromatic heterocycles. The minimum Gasteiger partial charge on any atom is -0.478 e. The van der Waals surface area contributed by atoms with Crippen molar-refractivity contribution < 1.29 is 26.7 Å². The van der Waals surface area contributed by atoms with Crippen molar-refractivity contribution in [2.75, 3.05) is 6.26 Å². The molecule has 19 heavy (non-hydrogen) atoms. The van der Waals surface area contributed by atoms with E-state index in [9.17, 15) is 21.6 Å². The zero-order valence-corrected chi connectivity index (χ0v) is 12.0. The summed E-state index contributed by atoms with van der Waals surface area (Å²) in [7, 11) is -1.97. The van der Waals surface area contributed by atoms with Gasteiger partial charge in [0.2, 0.25) is 10.0 Å². The first-order valence-electron chi connectivity index (χ1n) is 4.43. The summed E-state index contributed by atoms with van der Waals surface area (Å²) in [5.74, 6) is 3.28. The zero-order chi connectivity index (χ0) is 15.3. The van der Waals surface area contributed by atoms with Crippen molar-refractivity contribution in [1.29, 1.82) is 0 Å². The Bertz CT molecular complexity index is 656. The zero-order valence-electron chi connectivity index (χ0n) is 9.57. The van der Waals surface area contributed by atoms with Crippen molar-refractivity contribution >= 4 is 35.7 Å². The highest BCUT2D eigenvalue weighted by Gasteiger charge is 2.12. The molecule has 0 bridgehead atoms. The number of hydrazine groups is 1. The largest absolute Gasteiger partial charge is 0.478 e. The predicted octanol–water partition coefficient (Wildman–Crippen LogP) is -0.278. The standard InChI is InChI=1S/C7H5ClO4S.CH6N2O2S/c8-13(11,12)6-3-1-2-5(4-6)7(9)10;1-6(4,5)3-2/h1-4H,(H,9,10);3H,2H2,1H3. The van der Waals surface area contributed by atoms with Gasteiger partial charge >= 0.3 is 5.97 Å². The first kappa shape index (κ1) is 17.8. The van der Waals surface area contributed by atoms with Crippen LogP contribution in [-0.4, -0.2) is 34.2 Å². The molecule has 0 radical (unpaired) electrons. The lowest BCUT2D eigenvalue weighted by molar-refractivity contribution is 0.0696. The van der Waals surface area contributed by atoms with E-state index in [1.54, 1.807) is 4.83 Å². The van der Waals surface area contributed by atoms with E-state index < -0.39 is 25.0 Å². The van der Waals surface area contributed by atoms with E-state index in [0.29, 0.717) is 0 Å². The average Bonchev–Trinajstić information content (AvgIpc) is 2.28. The van der Waals surface area contributed by atoms with Gasteiger partial charge in [0.05, 0.1) is 16.7 Å². The average molecular weight is 331 g/mol. The number of carbonyl (C=O) groups is 1. The van der Waals surface area contributed by atoms with Crippen molar-refractivity contribution in [1.82, 2.24) is 4.83 Å². The molecule has 0 aliphatic rings. The third kappa shape index (κ3) is 7.74. The molecule has 0 atom stereocenters. The molecule has 0 heterocycles. The van der Waals surface area contributed by atoms with Crippen LogP contribution >= 0.6 is 10.7 Å². The molecule has 0 amide bonds. The molecule has 11 heteroatoms. The maximum atomic E-state index is 10.8. The highest BCUT2D eigenvalue weighted by Crippen LogP contribution is 2.15. The van der Waals surface area contributed by atoms with Crippen molar-refractivity contribution in [3.8, 4) is 0 Å². The van der Waals surface area contributed by atoms with Gasteiger partial charge in [0, 0.05) is 10.7 Å². The van der Waals surface area contributed by atoms with Crippen molar-refractivity contribution in [2.45, 2.75) is 4.90 Å². The number of rotatable bonds is 3. The number of hydrogen-bond acceptors (Lipinski definition) is 6. The highest BCUT2D eigenvalue weighted by molar-refractivity contribution is 8.13. The lowest BCUT2D eigenvalue weighted by Gasteiger charge is -1.97. The smallest absolute Gasteiger partial charge is 0.335 e. The third-order valence-corrected chi connectivity index (χ3v) is 3.36. The Labute approximate surface area is 114 Å². The maximum absolute atomic E-state index is 10.8. The van der Waals surface area contributed by atoms with E-state index in [1.807, 2.05) is 0 Å². The fourth-order valence-electron chi connectivity index (χ4n) is 0.781. The summed E-state index contributed by atoms with van der Waals surface area (Å²) in [6.45, 7) is 0. The second kappa shape index (κ2) is 6.82. The molecule has 0 saturated heterocycles. The van der Waals surface area contributed by atoms with Crippen LogP contribution in [0, 0.1) is 0 Å². The van der Waals surface area contributed by atoms with Gasteiger partial charge in [-0.3, -0.25) is 5.84 Å². The fourth-order valence-corrected chi connectivity index (χ4v) is 1.58. The number of sulfonamides is 1. The van der Waals surface area contributed by atoms with Crippen LogP contribution in [0.1, 0.15) is 10.4 Å². The number of nitrogens with one attached hydrogen (secondary N) is 1. The second-order valence-electron chi connectivity index (χ2n) is 3.16. The third-order valence-electron chi connectivity index (χ3n) is 1.58. The number of hydrogen-bond donors (Lipinski definition) is 3. The molecular formula is C8H11ClN2O6S2. The molecule has 0 aliphatic carbocycles. The van der Waals surface area contributed by atoms with Crippen LogP contribution in [0.15, 0.2) is 29.2 Å². The van der Waals surface area contributed by atoms with Crippen LogP contribution in [0.25, 0.3) is 0 Å². The Balaban J connectivity index is 0.000000459. The summed E-state index contributed by atoms with van der Waals surface area (Å²) in [6, 6.07) is 4.84. The number of nitrogens with two attached hydrogens (primary N) is 1. The fraction of sp³-hybridized carbons (Fsp3) is 0.125. The van der Waals surface area contributed by atoms with Gasteiger partial charge in [0.15, 0.2) is 0 Å². The van der Waals surface area contributed by atoms with Crippen LogP contribution in [-0.2, 0) is 19.1 Å². The summed E-state index contributed by atoms with van der Waals surface area (Å²) < 4.78 is 41.1. The molecule has 0 aliphatic heterocycles.